The molecule has 0 bridgehead atoms. The van der Waals surface area contributed by atoms with Crippen molar-refractivity contribution in [2.75, 3.05) is 6.61 Å². The summed E-state index contributed by atoms with van der Waals surface area (Å²) in [5.41, 5.74) is 0.867. The molecule has 186 valence electrons. The van der Waals surface area contributed by atoms with Crippen LogP contribution in [0.5, 0.6) is 5.75 Å². The molecule has 0 unspecified atom stereocenters. The SMILES string of the molecule is CCOC(=O)C1=C(C)n2c(s/c(=C\c3c(O)ccc4ccccc34)c2=O)=N[C@@H]1c1cccc([N+](=O)[O-])c1. The van der Waals surface area contributed by atoms with E-state index in [1.165, 1.54) is 22.8 Å². The summed E-state index contributed by atoms with van der Waals surface area (Å²) in [4.78, 5) is 42.4. The monoisotopic (exact) mass is 515 g/mol. The van der Waals surface area contributed by atoms with E-state index in [9.17, 15) is 24.8 Å². The van der Waals surface area contributed by atoms with Gasteiger partial charge in [0.15, 0.2) is 4.80 Å². The van der Waals surface area contributed by atoms with Gasteiger partial charge in [0, 0.05) is 23.4 Å². The molecule has 1 aliphatic heterocycles. The van der Waals surface area contributed by atoms with E-state index in [2.05, 4.69) is 4.99 Å². The molecule has 10 heteroatoms. The predicted molar refractivity (Wildman–Crippen MR) is 140 cm³/mol. The Kier molecular flexibility index (Phi) is 6.18. The summed E-state index contributed by atoms with van der Waals surface area (Å²) in [5.74, 6) is -0.624. The Morgan fingerprint density at radius 1 is 1.22 bits per heavy atom. The number of aromatic nitrogens is 1. The molecular formula is C27H21N3O6S. The number of carbonyl (C=O) groups is 1. The molecule has 0 fully saturated rings. The van der Waals surface area contributed by atoms with Gasteiger partial charge >= 0.3 is 5.97 Å². The number of rotatable bonds is 5. The highest BCUT2D eigenvalue weighted by molar-refractivity contribution is 7.07. The van der Waals surface area contributed by atoms with Crippen molar-refractivity contribution in [2.24, 2.45) is 4.99 Å². The van der Waals surface area contributed by atoms with E-state index < -0.39 is 22.5 Å². The Morgan fingerprint density at radius 2 is 2.00 bits per heavy atom. The maximum atomic E-state index is 13.5. The van der Waals surface area contributed by atoms with Crippen LogP contribution in [0.25, 0.3) is 22.5 Å². The van der Waals surface area contributed by atoms with Crippen LogP contribution in [0.1, 0.15) is 31.0 Å². The highest BCUT2D eigenvalue weighted by Gasteiger charge is 2.32. The Hall–Kier alpha value is -4.57. The van der Waals surface area contributed by atoms with E-state index in [1.54, 1.807) is 38.1 Å². The summed E-state index contributed by atoms with van der Waals surface area (Å²) in [6.45, 7) is 3.41. The number of nitrogens with zero attached hydrogens (tertiary/aromatic N) is 3. The van der Waals surface area contributed by atoms with Crippen LogP contribution < -0.4 is 14.9 Å². The van der Waals surface area contributed by atoms with Gasteiger partial charge in [-0.1, -0.05) is 53.8 Å². The van der Waals surface area contributed by atoms with Gasteiger partial charge in [0.25, 0.3) is 11.2 Å². The molecule has 3 aromatic carbocycles. The molecule has 1 atom stereocenters. The highest BCUT2D eigenvalue weighted by Crippen LogP contribution is 2.34. The zero-order valence-electron chi connectivity index (χ0n) is 19.9. The van der Waals surface area contributed by atoms with Gasteiger partial charge in [-0.15, -0.1) is 0 Å². The van der Waals surface area contributed by atoms with Gasteiger partial charge in [-0.25, -0.2) is 9.79 Å². The third-order valence-corrected chi connectivity index (χ3v) is 7.14. The molecular weight excluding hydrogens is 494 g/mol. The van der Waals surface area contributed by atoms with Crippen LogP contribution >= 0.6 is 11.3 Å². The minimum atomic E-state index is -0.893. The molecule has 5 rings (SSSR count). The minimum Gasteiger partial charge on any atom is -0.507 e. The van der Waals surface area contributed by atoms with Crippen molar-refractivity contribution in [3.8, 4) is 5.75 Å². The lowest BCUT2D eigenvalue weighted by Crippen LogP contribution is -2.35. The lowest BCUT2D eigenvalue weighted by Gasteiger charge is -2.22. The second-order valence-electron chi connectivity index (χ2n) is 8.36. The van der Waals surface area contributed by atoms with Gasteiger partial charge in [0.2, 0.25) is 0 Å². The number of hydrogen-bond donors (Lipinski definition) is 1. The number of carbonyl (C=O) groups excluding carboxylic acids is 1. The lowest BCUT2D eigenvalue weighted by atomic mass is 9.96. The van der Waals surface area contributed by atoms with Crippen molar-refractivity contribution in [3.05, 3.63) is 107 Å². The van der Waals surface area contributed by atoms with E-state index in [0.29, 0.717) is 26.2 Å². The molecule has 9 nitrogen and oxygen atoms in total. The maximum absolute atomic E-state index is 13.5. The predicted octanol–water partition coefficient (Wildman–Crippen LogP) is 3.67. The van der Waals surface area contributed by atoms with Gasteiger partial charge in [-0.05, 0) is 42.3 Å². The van der Waals surface area contributed by atoms with Crippen LogP contribution in [-0.4, -0.2) is 27.2 Å². The van der Waals surface area contributed by atoms with E-state index >= 15 is 0 Å². The quantitative estimate of drug-likeness (QED) is 0.246. The first-order valence-corrected chi connectivity index (χ1v) is 12.3. The van der Waals surface area contributed by atoms with Crippen molar-refractivity contribution >= 4 is 45.5 Å². The minimum absolute atomic E-state index is 0.0281. The molecule has 2 heterocycles. The van der Waals surface area contributed by atoms with Crippen molar-refractivity contribution in [3.63, 3.8) is 0 Å². The van der Waals surface area contributed by atoms with Crippen molar-refractivity contribution in [1.29, 1.82) is 0 Å². The molecule has 0 amide bonds. The van der Waals surface area contributed by atoms with Crippen LogP contribution in [0.4, 0.5) is 5.69 Å². The molecule has 0 aliphatic carbocycles. The maximum Gasteiger partial charge on any atom is 0.338 e. The van der Waals surface area contributed by atoms with Crippen molar-refractivity contribution in [1.82, 2.24) is 4.57 Å². The summed E-state index contributed by atoms with van der Waals surface area (Å²) in [5, 5.41) is 23.6. The fourth-order valence-electron chi connectivity index (χ4n) is 4.43. The molecule has 1 aliphatic rings. The first-order valence-electron chi connectivity index (χ1n) is 11.4. The number of nitro benzene ring substituents is 1. The second kappa shape index (κ2) is 9.47. The normalized spacial score (nSPS) is 15.4. The molecule has 37 heavy (non-hydrogen) atoms. The Labute approximate surface area is 214 Å². The number of benzene rings is 3. The van der Waals surface area contributed by atoms with Gasteiger partial charge in [-0.2, -0.15) is 0 Å². The number of ether oxygens (including phenoxy) is 1. The number of nitro groups is 1. The Morgan fingerprint density at radius 3 is 2.76 bits per heavy atom. The summed E-state index contributed by atoms with van der Waals surface area (Å²) < 4.78 is 6.92. The Bertz CT molecular complexity index is 1800. The number of fused-ring (bicyclic) bond motifs is 2. The first-order chi connectivity index (χ1) is 17.8. The highest BCUT2D eigenvalue weighted by atomic mass is 32.1. The number of allylic oxidation sites excluding steroid dienone is 1. The number of thiazole rings is 1. The van der Waals surface area contributed by atoms with Crippen LogP contribution in [0.3, 0.4) is 0 Å². The summed E-state index contributed by atoms with van der Waals surface area (Å²) in [6, 6.07) is 15.9. The number of phenols is 1. The van der Waals surface area contributed by atoms with Crippen molar-refractivity contribution in [2.45, 2.75) is 19.9 Å². The molecule has 1 aromatic heterocycles. The second-order valence-corrected chi connectivity index (χ2v) is 9.37. The van der Waals surface area contributed by atoms with E-state index in [0.717, 1.165) is 22.1 Å². The number of hydrogen-bond acceptors (Lipinski definition) is 8. The summed E-state index contributed by atoms with van der Waals surface area (Å²) in [7, 11) is 0. The molecule has 0 saturated carbocycles. The average molecular weight is 516 g/mol. The van der Waals surface area contributed by atoms with Crippen LogP contribution in [0.2, 0.25) is 0 Å². The fraction of sp³-hybridized carbons (Fsp3) is 0.148. The summed E-state index contributed by atoms with van der Waals surface area (Å²) in [6.07, 6.45) is 1.62. The van der Waals surface area contributed by atoms with Crippen LogP contribution in [0.15, 0.2) is 76.0 Å². The van der Waals surface area contributed by atoms with E-state index in [-0.39, 0.29) is 23.6 Å². The lowest BCUT2D eigenvalue weighted by molar-refractivity contribution is -0.384. The number of aromatic hydroxyl groups is 1. The summed E-state index contributed by atoms with van der Waals surface area (Å²) >= 11 is 1.11. The number of non-ortho nitro benzene ring substituents is 1. The van der Waals surface area contributed by atoms with E-state index in [1.807, 2.05) is 24.3 Å². The first kappa shape index (κ1) is 24.1. The zero-order chi connectivity index (χ0) is 26.3. The molecule has 0 radical (unpaired) electrons. The average Bonchev–Trinajstić information content (AvgIpc) is 3.20. The van der Waals surface area contributed by atoms with Crippen LogP contribution in [-0.2, 0) is 9.53 Å². The standard InChI is InChI=1S/C27H21N3O6S/c1-3-36-26(33)23-15(2)29-25(32)22(14-20-19-10-5-4-7-16(19)11-12-21(20)31)37-27(29)28-24(23)17-8-6-9-18(13-17)30(34)35/h4-14,24,31H,3H2,1-2H3/b22-14-/t24-/m1/s1. The smallest absolute Gasteiger partial charge is 0.338 e. The van der Waals surface area contributed by atoms with Crippen LogP contribution in [0, 0.1) is 10.1 Å². The number of esters is 1. The van der Waals surface area contributed by atoms with Gasteiger partial charge < -0.3 is 9.84 Å². The number of phenolic OH excluding ortho intramolecular Hbond substituents is 1. The Balaban J connectivity index is 1.77. The molecule has 1 N–H and O–H groups in total. The molecule has 0 saturated heterocycles. The molecule has 0 spiro atoms. The van der Waals surface area contributed by atoms with Gasteiger partial charge in [-0.3, -0.25) is 19.5 Å². The topological polar surface area (TPSA) is 124 Å². The zero-order valence-corrected chi connectivity index (χ0v) is 20.7. The fourth-order valence-corrected chi connectivity index (χ4v) is 5.46. The third-order valence-electron chi connectivity index (χ3n) is 6.16. The van der Waals surface area contributed by atoms with Crippen molar-refractivity contribution < 1.29 is 19.6 Å². The van der Waals surface area contributed by atoms with Gasteiger partial charge in [0.05, 0.1) is 21.6 Å². The van der Waals surface area contributed by atoms with Gasteiger partial charge in [0.1, 0.15) is 11.8 Å². The molecule has 4 aromatic rings. The largest absolute Gasteiger partial charge is 0.507 e. The third kappa shape index (κ3) is 4.21. The van der Waals surface area contributed by atoms with E-state index in [4.69, 9.17) is 4.74 Å².